The zero-order chi connectivity index (χ0) is 20.4. The van der Waals surface area contributed by atoms with Crippen LogP contribution >= 0.6 is 11.6 Å². The number of amides is 3. The predicted octanol–water partition coefficient (Wildman–Crippen LogP) is 2.48. The van der Waals surface area contributed by atoms with Gasteiger partial charge in [-0.05, 0) is 35.4 Å². The summed E-state index contributed by atoms with van der Waals surface area (Å²) in [6.07, 6.45) is 3.57. The number of nitrogens with zero attached hydrogens (tertiary/aromatic N) is 2. The monoisotopic (exact) mass is 411 g/mol. The molecule has 2 aromatic rings. The van der Waals surface area contributed by atoms with E-state index in [1.165, 1.54) is 12.1 Å². The van der Waals surface area contributed by atoms with Crippen molar-refractivity contribution in [2.45, 2.75) is 12.1 Å². The van der Waals surface area contributed by atoms with E-state index in [-0.39, 0.29) is 10.7 Å². The number of halogens is 2. The Labute approximate surface area is 170 Å². The van der Waals surface area contributed by atoms with E-state index < -0.39 is 47.5 Å². The molecule has 3 heterocycles. The lowest BCUT2D eigenvalue weighted by Crippen LogP contribution is -2.46. The normalized spacial score (nSPS) is 27.1. The summed E-state index contributed by atoms with van der Waals surface area (Å²) in [6.45, 7) is 0. The first-order chi connectivity index (χ1) is 13.9. The van der Waals surface area contributed by atoms with E-state index in [0.29, 0.717) is 0 Å². The fourth-order valence-electron chi connectivity index (χ4n) is 4.76. The van der Waals surface area contributed by atoms with Crippen LogP contribution in [0.2, 0.25) is 5.02 Å². The molecule has 3 aliphatic heterocycles. The summed E-state index contributed by atoms with van der Waals surface area (Å²) >= 11 is 5.85. The van der Waals surface area contributed by atoms with Gasteiger partial charge >= 0.3 is 0 Å². The van der Waals surface area contributed by atoms with Crippen molar-refractivity contribution in [2.24, 2.45) is 17.6 Å². The molecule has 3 aliphatic rings. The van der Waals surface area contributed by atoms with Gasteiger partial charge in [0.1, 0.15) is 11.9 Å². The number of fused-ring (bicyclic) bond motifs is 5. The number of hydrogen-bond donors (Lipinski definition) is 1. The van der Waals surface area contributed by atoms with Gasteiger partial charge in [-0.1, -0.05) is 35.9 Å². The highest BCUT2D eigenvalue weighted by molar-refractivity contribution is 6.31. The molecule has 0 spiro atoms. The average molecular weight is 412 g/mol. The van der Waals surface area contributed by atoms with E-state index in [1.54, 1.807) is 11.1 Å². The third kappa shape index (κ3) is 2.37. The lowest BCUT2D eigenvalue weighted by molar-refractivity contribution is -0.129. The lowest BCUT2D eigenvalue weighted by Gasteiger charge is -2.34. The molecule has 0 radical (unpaired) electrons. The van der Waals surface area contributed by atoms with E-state index >= 15 is 0 Å². The quantitative estimate of drug-likeness (QED) is 0.769. The Balaban J connectivity index is 1.65. The van der Waals surface area contributed by atoms with Gasteiger partial charge in [-0.3, -0.25) is 14.4 Å². The molecule has 2 aromatic carbocycles. The van der Waals surface area contributed by atoms with Crippen LogP contribution in [0.3, 0.4) is 0 Å². The summed E-state index contributed by atoms with van der Waals surface area (Å²) in [4.78, 5) is 41.7. The summed E-state index contributed by atoms with van der Waals surface area (Å²) in [7, 11) is 0. The van der Waals surface area contributed by atoms with E-state index in [0.717, 1.165) is 22.1 Å². The summed E-state index contributed by atoms with van der Waals surface area (Å²) in [5.74, 6) is -4.02. The zero-order valence-corrected chi connectivity index (χ0v) is 15.7. The maximum atomic E-state index is 13.6. The molecule has 0 bridgehead atoms. The fraction of sp³-hybridized carbons (Fsp3) is 0.190. The van der Waals surface area contributed by atoms with Gasteiger partial charge in [-0.2, -0.15) is 0 Å². The summed E-state index contributed by atoms with van der Waals surface area (Å²) in [6, 6.07) is 9.74. The van der Waals surface area contributed by atoms with E-state index in [2.05, 4.69) is 0 Å². The topological polar surface area (TPSA) is 83.7 Å². The number of carbonyl (C=O) groups is 3. The molecule has 0 aliphatic carbocycles. The predicted molar refractivity (Wildman–Crippen MR) is 104 cm³/mol. The van der Waals surface area contributed by atoms with Crippen molar-refractivity contribution in [2.75, 3.05) is 4.90 Å². The van der Waals surface area contributed by atoms with Crippen molar-refractivity contribution in [3.63, 3.8) is 0 Å². The van der Waals surface area contributed by atoms with Crippen molar-refractivity contribution < 1.29 is 18.8 Å². The highest BCUT2D eigenvalue weighted by Crippen LogP contribution is 2.53. The second kappa shape index (κ2) is 6.15. The molecule has 6 nitrogen and oxygen atoms in total. The Morgan fingerprint density at radius 3 is 2.52 bits per heavy atom. The molecule has 8 heteroatoms. The molecule has 0 saturated carbocycles. The minimum atomic E-state index is -0.952. The largest absolute Gasteiger partial charge is 0.368 e. The molecule has 4 atom stereocenters. The minimum absolute atomic E-state index is 0.176. The van der Waals surface area contributed by atoms with Crippen LogP contribution in [0.5, 0.6) is 0 Å². The molecule has 0 aromatic heterocycles. The summed E-state index contributed by atoms with van der Waals surface area (Å²) in [5, 5.41) is -0.195. The first-order valence-electron chi connectivity index (χ1n) is 9.07. The van der Waals surface area contributed by atoms with Gasteiger partial charge in [0.25, 0.3) is 0 Å². The van der Waals surface area contributed by atoms with Crippen molar-refractivity contribution in [1.29, 1.82) is 0 Å². The van der Waals surface area contributed by atoms with Crippen LogP contribution < -0.4 is 10.6 Å². The van der Waals surface area contributed by atoms with Crippen LogP contribution in [0.1, 0.15) is 17.2 Å². The van der Waals surface area contributed by atoms with Gasteiger partial charge in [0.15, 0.2) is 0 Å². The number of anilines is 1. The molecular formula is C21H15ClFN3O3. The van der Waals surface area contributed by atoms with Crippen LogP contribution in [0.25, 0.3) is 6.08 Å². The number of primary amides is 1. The Hall–Kier alpha value is -3.19. The van der Waals surface area contributed by atoms with Crippen LogP contribution in [-0.4, -0.2) is 28.7 Å². The SMILES string of the molecule is NC(=O)[C@H]1[C@@H]2C(=O)N(c3ccc(F)c(Cl)c3)C(=O)[C@@H]2[C@@H]2c3ccccc3C=CN12. The van der Waals surface area contributed by atoms with Crippen LogP contribution in [0, 0.1) is 17.7 Å². The Morgan fingerprint density at radius 1 is 1.07 bits per heavy atom. The third-order valence-electron chi connectivity index (χ3n) is 5.91. The lowest BCUT2D eigenvalue weighted by atomic mass is 9.84. The number of carbonyl (C=O) groups excluding carboxylic acids is 3. The van der Waals surface area contributed by atoms with Gasteiger partial charge in [0.2, 0.25) is 17.7 Å². The summed E-state index contributed by atoms with van der Waals surface area (Å²) in [5.41, 5.74) is 7.60. The third-order valence-corrected chi connectivity index (χ3v) is 6.20. The maximum absolute atomic E-state index is 13.6. The molecular weight excluding hydrogens is 397 g/mol. The van der Waals surface area contributed by atoms with Crippen molar-refractivity contribution >= 4 is 41.1 Å². The number of rotatable bonds is 2. The van der Waals surface area contributed by atoms with Crippen LogP contribution in [0.15, 0.2) is 48.7 Å². The second-order valence-corrected chi connectivity index (χ2v) is 7.75. The molecule has 5 rings (SSSR count). The van der Waals surface area contributed by atoms with Crippen molar-refractivity contribution in [3.05, 3.63) is 70.6 Å². The molecule has 0 unspecified atom stereocenters. The molecule has 146 valence electrons. The Bertz CT molecular complexity index is 1120. The molecule has 3 amide bonds. The van der Waals surface area contributed by atoms with E-state index in [9.17, 15) is 18.8 Å². The van der Waals surface area contributed by atoms with Gasteiger partial charge < -0.3 is 10.6 Å². The molecule has 2 fully saturated rings. The second-order valence-electron chi connectivity index (χ2n) is 7.35. The fourth-order valence-corrected chi connectivity index (χ4v) is 4.94. The first-order valence-corrected chi connectivity index (χ1v) is 9.44. The number of benzene rings is 2. The number of imide groups is 1. The van der Waals surface area contributed by atoms with E-state index in [1.807, 2.05) is 30.3 Å². The van der Waals surface area contributed by atoms with Gasteiger partial charge in [0, 0.05) is 6.20 Å². The molecule has 2 saturated heterocycles. The standard InChI is InChI=1S/C21H15ClFN3O3/c22-13-9-11(5-6-14(13)23)26-20(28)15-16(21(26)29)18(19(24)27)25-8-7-10-3-1-2-4-12(10)17(15)25/h1-9,15-18H,(H2,24,27)/t15-,16+,17-,18+/m0/s1. The Kier molecular flexibility index (Phi) is 3.79. The maximum Gasteiger partial charge on any atom is 0.240 e. The van der Waals surface area contributed by atoms with E-state index in [4.69, 9.17) is 17.3 Å². The van der Waals surface area contributed by atoms with Gasteiger partial charge in [0.05, 0.1) is 28.6 Å². The highest BCUT2D eigenvalue weighted by Gasteiger charge is 2.64. The molecule has 29 heavy (non-hydrogen) atoms. The van der Waals surface area contributed by atoms with Crippen molar-refractivity contribution in [1.82, 2.24) is 4.90 Å². The van der Waals surface area contributed by atoms with Gasteiger partial charge in [-0.25, -0.2) is 9.29 Å². The Morgan fingerprint density at radius 2 is 1.79 bits per heavy atom. The summed E-state index contributed by atoms with van der Waals surface area (Å²) < 4.78 is 13.6. The first kappa shape index (κ1) is 17.9. The smallest absolute Gasteiger partial charge is 0.240 e. The average Bonchev–Trinajstić information content (AvgIpc) is 3.17. The molecule has 2 N–H and O–H groups in total. The van der Waals surface area contributed by atoms with Crippen LogP contribution in [0.4, 0.5) is 10.1 Å². The zero-order valence-electron chi connectivity index (χ0n) is 15.0. The minimum Gasteiger partial charge on any atom is -0.368 e. The van der Waals surface area contributed by atoms with Gasteiger partial charge in [-0.15, -0.1) is 0 Å². The highest BCUT2D eigenvalue weighted by atomic mass is 35.5. The van der Waals surface area contributed by atoms with Crippen molar-refractivity contribution in [3.8, 4) is 0 Å². The number of hydrogen-bond acceptors (Lipinski definition) is 4. The van der Waals surface area contributed by atoms with Crippen LogP contribution in [-0.2, 0) is 14.4 Å². The number of nitrogens with two attached hydrogens (primary N) is 1.